The van der Waals surface area contributed by atoms with Crippen molar-refractivity contribution < 1.29 is 0 Å². The SMILES string of the molecule is N#Cc1cc(-c2ccc3sc4ccccc4c3c2)c(-c2ccccc2C#N)cc1-c1ccc2sc3ccccc3c2c1. The van der Waals surface area contributed by atoms with Crippen LogP contribution in [0.25, 0.3) is 73.7 Å². The Hall–Kier alpha value is -5.26. The van der Waals surface area contributed by atoms with Gasteiger partial charge in [0.2, 0.25) is 0 Å². The second-order valence-corrected chi connectivity index (χ2v) is 12.5. The molecule has 0 N–H and O–H groups in total. The molecular weight excluding hydrogens is 549 g/mol. The van der Waals surface area contributed by atoms with E-state index in [9.17, 15) is 10.5 Å². The molecule has 0 unspecified atom stereocenters. The zero-order chi connectivity index (χ0) is 28.2. The summed E-state index contributed by atoms with van der Waals surface area (Å²) in [5, 5.41) is 25.3. The quantitative estimate of drug-likeness (QED) is 0.213. The molecule has 0 amide bonds. The summed E-state index contributed by atoms with van der Waals surface area (Å²) >= 11 is 3.57. The maximum atomic E-state index is 10.4. The van der Waals surface area contributed by atoms with Crippen molar-refractivity contribution in [3.63, 3.8) is 0 Å². The summed E-state index contributed by atoms with van der Waals surface area (Å²) in [6, 6.07) is 46.6. The number of hydrogen-bond acceptors (Lipinski definition) is 4. The fourth-order valence-electron chi connectivity index (χ4n) is 6.00. The molecule has 0 aliphatic heterocycles. The molecule has 2 nitrogen and oxygen atoms in total. The largest absolute Gasteiger partial charge is 0.192 e. The summed E-state index contributed by atoms with van der Waals surface area (Å²) in [7, 11) is 0. The molecule has 6 aromatic carbocycles. The third-order valence-corrected chi connectivity index (χ3v) is 10.3. The van der Waals surface area contributed by atoms with Crippen LogP contribution < -0.4 is 0 Å². The van der Waals surface area contributed by atoms with Crippen molar-refractivity contribution in [1.82, 2.24) is 0 Å². The number of benzene rings is 6. The van der Waals surface area contributed by atoms with Crippen LogP contribution >= 0.6 is 22.7 Å². The molecule has 2 aromatic heterocycles. The summed E-state index contributed by atoms with van der Waals surface area (Å²) in [6.45, 7) is 0. The van der Waals surface area contributed by atoms with Crippen molar-refractivity contribution in [3.8, 4) is 45.5 Å². The maximum Gasteiger partial charge on any atom is 0.0998 e. The normalized spacial score (nSPS) is 11.3. The molecule has 194 valence electrons. The number of nitrogens with zero attached hydrogens (tertiary/aromatic N) is 2. The zero-order valence-electron chi connectivity index (χ0n) is 22.3. The summed E-state index contributed by atoms with van der Waals surface area (Å²) in [6.07, 6.45) is 0. The number of hydrogen-bond donors (Lipinski definition) is 0. The lowest BCUT2D eigenvalue weighted by atomic mass is 9.86. The van der Waals surface area contributed by atoms with Crippen molar-refractivity contribution in [2.45, 2.75) is 0 Å². The molecule has 0 aliphatic rings. The molecule has 0 spiro atoms. The molecule has 42 heavy (non-hydrogen) atoms. The lowest BCUT2D eigenvalue weighted by Gasteiger charge is -2.16. The second kappa shape index (κ2) is 9.68. The van der Waals surface area contributed by atoms with Gasteiger partial charge in [0, 0.05) is 51.5 Å². The van der Waals surface area contributed by atoms with E-state index in [0.29, 0.717) is 11.1 Å². The summed E-state index contributed by atoms with van der Waals surface area (Å²) < 4.78 is 4.96. The van der Waals surface area contributed by atoms with Crippen molar-refractivity contribution in [2.24, 2.45) is 0 Å². The minimum absolute atomic E-state index is 0.607. The number of rotatable bonds is 3. The first-order valence-corrected chi connectivity index (χ1v) is 15.3. The average Bonchev–Trinajstić information content (AvgIpc) is 3.61. The predicted octanol–water partition coefficient (Wildman–Crippen LogP) is 11.2. The molecule has 0 saturated heterocycles. The molecule has 0 atom stereocenters. The molecule has 2 heterocycles. The second-order valence-electron chi connectivity index (χ2n) is 10.3. The minimum Gasteiger partial charge on any atom is -0.192 e. The zero-order valence-corrected chi connectivity index (χ0v) is 23.9. The molecule has 0 saturated carbocycles. The first-order chi connectivity index (χ1) is 20.7. The van der Waals surface area contributed by atoms with Crippen LogP contribution in [-0.2, 0) is 0 Å². The van der Waals surface area contributed by atoms with Gasteiger partial charge in [-0.05, 0) is 76.9 Å². The van der Waals surface area contributed by atoms with Gasteiger partial charge in [-0.1, -0.05) is 66.7 Å². The van der Waals surface area contributed by atoms with Crippen LogP contribution in [-0.4, -0.2) is 0 Å². The fraction of sp³-hybridized carbons (Fsp3) is 0. The topological polar surface area (TPSA) is 47.6 Å². The Balaban J connectivity index is 1.41. The Bertz CT molecular complexity index is 2450. The summed E-state index contributed by atoms with van der Waals surface area (Å²) in [5.74, 6) is 0. The summed E-state index contributed by atoms with van der Waals surface area (Å²) in [4.78, 5) is 0. The van der Waals surface area contributed by atoms with Gasteiger partial charge in [-0.15, -0.1) is 22.7 Å². The van der Waals surface area contributed by atoms with Crippen molar-refractivity contribution in [2.75, 3.05) is 0 Å². The van der Waals surface area contributed by atoms with Crippen LogP contribution in [0.2, 0.25) is 0 Å². The third-order valence-electron chi connectivity index (χ3n) is 7.99. The van der Waals surface area contributed by atoms with Crippen molar-refractivity contribution >= 4 is 63.0 Å². The van der Waals surface area contributed by atoms with Gasteiger partial charge < -0.3 is 0 Å². The Morgan fingerprint density at radius 1 is 0.381 bits per heavy atom. The molecule has 8 aromatic rings. The van der Waals surface area contributed by atoms with E-state index in [1.807, 2.05) is 30.3 Å². The lowest BCUT2D eigenvalue weighted by molar-refractivity contribution is 1.46. The van der Waals surface area contributed by atoms with Crippen molar-refractivity contribution in [3.05, 3.63) is 132 Å². The van der Waals surface area contributed by atoms with E-state index >= 15 is 0 Å². The minimum atomic E-state index is 0.607. The molecule has 8 rings (SSSR count). The lowest BCUT2D eigenvalue weighted by Crippen LogP contribution is -1.94. The Kier molecular flexibility index (Phi) is 5.66. The van der Waals surface area contributed by atoms with Crippen LogP contribution in [0, 0.1) is 22.7 Å². The smallest absolute Gasteiger partial charge is 0.0998 e. The van der Waals surface area contributed by atoms with E-state index in [1.165, 1.54) is 40.3 Å². The van der Waals surface area contributed by atoms with Gasteiger partial charge in [0.1, 0.15) is 0 Å². The van der Waals surface area contributed by atoms with Crippen LogP contribution in [0.4, 0.5) is 0 Å². The molecule has 0 aliphatic carbocycles. The summed E-state index contributed by atoms with van der Waals surface area (Å²) in [5.41, 5.74) is 6.84. The molecular formula is C38H20N2S2. The fourth-order valence-corrected chi connectivity index (χ4v) is 8.17. The van der Waals surface area contributed by atoms with Gasteiger partial charge in [0.25, 0.3) is 0 Å². The highest BCUT2D eigenvalue weighted by atomic mass is 32.1. The first-order valence-electron chi connectivity index (χ1n) is 13.6. The highest BCUT2D eigenvalue weighted by Crippen LogP contribution is 2.43. The average molecular weight is 569 g/mol. The van der Waals surface area contributed by atoms with Gasteiger partial charge in [0.05, 0.1) is 23.3 Å². The van der Waals surface area contributed by atoms with E-state index in [-0.39, 0.29) is 0 Å². The van der Waals surface area contributed by atoms with Crippen LogP contribution in [0.3, 0.4) is 0 Å². The highest BCUT2D eigenvalue weighted by Gasteiger charge is 2.18. The molecule has 4 heteroatoms. The number of fused-ring (bicyclic) bond motifs is 6. The van der Waals surface area contributed by atoms with Crippen LogP contribution in [0.5, 0.6) is 0 Å². The highest BCUT2D eigenvalue weighted by molar-refractivity contribution is 7.26. The van der Waals surface area contributed by atoms with Gasteiger partial charge in [-0.3, -0.25) is 0 Å². The van der Waals surface area contributed by atoms with Crippen molar-refractivity contribution in [1.29, 1.82) is 10.5 Å². The van der Waals surface area contributed by atoms with E-state index in [2.05, 4.69) is 103 Å². The van der Waals surface area contributed by atoms with Gasteiger partial charge in [-0.2, -0.15) is 10.5 Å². The van der Waals surface area contributed by atoms with Gasteiger partial charge in [0.15, 0.2) is 0 Å². The van der Waals surface area contributed by atoms with Gasteiger partial charge in [-0.25, -0.2) is 0 Å². The Morgan fingerprint density at radius 3 is 1.52 bits per heavy atom. The Labute approximate surface area is 250 Å². The van der Waals surface area contributed by atoms with E-state index in [4.69, 9.17) is 0 Å². The predicted molar refractivity (Wildman–Crippen MR) is 178 cm³/mol. The maximum absolute atomic E-state index is 10.4. The monoisotopic (exact) mass is 568 g/mol. The van der Waals surface area contributed by atoms with Gasteiger partial charge >= 0.3 is 0 Å². The number of thiophene rings is 2. The third kappa shape index (κ3) is 3.82. The van der Waals surface area contributed by atoms with E-state index < -0.39 is 0 Å². The van der Waals surface area contributed by atoms with Crippen LogP contribution in [0.1, 0.15) is 11.1 Å². The molecule has 0 radical (unpaired) electrons. The standard InChI is InChI=1S/C38H20N2S2/c39-21-25-7-1-2-8-27(25)32-20-30(23-13-15-37-33(17-23)28-9-3-5-11-35(28)41-37)26(22-40)19-31(32)24-14-16-38-34(18-24)29-10-4-6-12-36(29)42-38/h1-20H. The first kappa shape index (κ1) is 24.5. The number of nitriles is 2. The van der Waals surface area contributed by atoms with E-state index in [1.54, 1.807) is 22.7 Å². The molecule has 0 bridgehead atoms. The van der Waals surface area contributed by atoms with Crippen LogP contribution in [0.15, 0.2) is 121 Å². The Morgan fingerprint density at radius 2 is 0.905 bits per heavy atom. The molecule has 0 fully saturated rings. The van der Waals surface area contributed by atoms with E-state index in [0.717, 1.165) is 33.4 Å².